The maximum absolute atomic E-state index is 13.2. The van der Waals surface area contributed by atoms with Gasteiger partial charge in [-0.25, -0.2) is 0 Å². The summed E-state index contributed by atoms with van der Waals surface area (Å²) in [4.78, 5) is 50.0. The fraction of sp³-hybridized carbons (Fsp3) is 0.727. The highest BCUT2D eigenvalue weighted by atomic mass is 16.5. The summed E-state index contributed by atoms with van der Waals surface area (Å²) < 4.78 is 10.8. The van der Waals surface area contributed by atoms with Crippen molar-refractivity contribution in [1.82, 2.24) is 0 Å². The SMILES string of the molecule is C=C1C(=O)C23C[C@H]1CC[C@H]2C1(CC[C@H](O)[C@@](C)(COC(C)=O)[C@H]1C=O)COC3=O. The lowest BCUT2D eigenvalue weighted by Crippen LogP contribution is -2.66. The normalized spacial score (nSPS) is 46.2. The summed E-state index contributed by atoms with van der Waals surface area (Å²) >= 11 is 0. The Balaban J connectivity index is 1.81. The molecule has 4 aliphatic rings. The van der Waals surface area contributed by atoms with Crippen LogP contribution >= 0.6 is 0 Å². The smallest absolute Gasteiger partial charge is 0.320 e. The van der Waals surface area contributed by atoms with Crippen molar-refractivity contribution in [3.05, 3.63) is 12.2 Å². The highest BCUT2D eigenvalue weighted by Gasteiger charge is 2.73. The summed E-state index contributed by atoms with van der Waals surface area (Å²) in [5, 5.41) is 10.8. The number of carbonyl (C=O) groups is 4. The summed E-state index contributed by atoms with van der Waals surface area (Å²) in [5.41, 5.74) is -2.58. The molecule has 7 heteroatoms. The van der Waals surface area contributed by atoms with Crippen molar-refractivity contribution >= 4 is 24.0 Å². The van der Waals surface area contributed by atoms with E-state index in [1.54, 1.807) is 6.92 Å². The van der Waals surface area contributed by atoms with Crippen LogP contribution in [0.4, 0.5) is 0 Å². The van der Waals surface area contributed by atoms with E-state index >= 15 is 0 Å². The lowest BCUT2D eigenvalue weighted by atomic mass is 9.44. The maximum Gasteiger partial charge on any atom is 0.320 e. The average Bonchev–Trinajstić information content (AvgIpc) is 2.88. The van der Waals surface area contributed by atoms with Crippen LogP contribution < -0.4 is 0 Å². The molecule has 3 aliphatic carbocycles. The molecule has 0 radical (unpaired) electrons. The minimum atomic E-state index is -1.27. The monoisotopic (exact) mass is 404 g/mol. The molecule has 1 N–H and O–H groups in total. The van der Waals surface area contributed by atoms with Crippen molar-refractivity contribution in [3.8, 4) is 0 Å². The largest absolute Gasteiger partial charge is 0.465 e. The van der Waals surface area contributed by atoms with Crippen molar-refractivity contribution in [2.24, 2.45) is 34.0 Å². The summed E-state index contributed by atoms with van der Waals surface area (Å²) in [6.45, 7) is 6.89. The lowest BCUT2D eigenvalue weighted by Gasteiger charge is -2.61. The van der Waals surface area contributed by atoms with Crippen molar-refractivity contribution in [3.63, 3.8) is 0 Å². The number of allylic oxidation sites excluding steroid dienone is 1. The maximum atomic E-state index is 13.2. The third-order valence-corrected chi connectivity index (χ3v) is 8.38. The van der Waals surface area contributed by atoms with Gasteiger partial charge in [-0.05, 0) is 49.5 Å². The van der Waals surface area contributed by atoms with Crippen LogP contribution in [0.2, 0.25) is 0 Å². The van der Waals surface area contributed by atoms with Gasteiger partial charge in [0.1, 0.15) is 11.7 Å². The molecule has 158 valence electrons. The minimum Gasteiger partial charge on any atom is -0.465 e. The van der Waals surface area contributed by atoms with Gasteiger partial charge in [0.05, 0.1) is 19.3 Å². The lowest BCUT2D eigenvalue weighted by molar-refractivity contribution is -0.226. The van der Waals surface area contributed by atoms with Crippen LogP contribution in [0, 0.1) is 34.0 Å². The third-order valence-electron chi connectivity index (χ3n) is 8.38. The van der Waals surface area contributed by atoms with Gasteiger partial charge in [0, 0.05) is 23.7 Å². The average molecular weight is 404 g/mol. The zero-order valence-corrected chi connectivity index (χ0v) is 16.9. The second-order valence-corrected chi connectivity index (χ2v) is 9.62. The number of aldehydes is 1. The number of ketones is 1. The van der Waals surface area contributed by atoms with E-state index in [1.165, 1.54) is 6.92 Å². The van der Waals surface area contributed by atoms with E-state index in [1.807, 2.05) is 0 Å². The van der Waals surface area contributed by atoms with Crippen LogP contribution in [0.1, 0.15) is 46.0 Å². The molecule has 0 aromatic heterocycles. The predicted molar refractivity (Wildman–Crippen MR) is 100 cm³/mol. The Morgan fingerprint density at radius 1 is 1.34 bits per heavy atom. The van der Waals surface area contributed by atoms with Crippen LogP contribution in [0.3, 0.4) is 0 Å². The number of fused-ring (bicyclic) bond motifs is 2. The van der Waals surface area contributed by atoms with Gasteiger partial charge in [-0.2, -0.15) is 0 Å². The molecule has 2 bridgehead atoms. The van der Waals surface area contributed by atoms with E-state index in [-0.39, 0.29) is 30.8 Å². The van der Waals surface area contributed by atoms with Gasteiger partial charge in [-0.1, -0.05) is 13.5 Å². The number of aliphatic hydroxyl groups is 1. The standard InChI is InChI=1S/C22H28O7/c1-12-14-4-5-15-21(11-29-19(27)22(15,8-14)18(12)26)7-6-17(25)20(3,16(21)9-23)10-28-13(2)24/h9,14-17,25H,1,4-8,10-11H2,2-3H3/t14-,15+,16-,17+,20+,21?,22?/m1/s1. The minimum absolute atomic E-state index is 0.0160. The third kappa shape index (κ3) is 2.46. The summed E-state index contributed by atoms with van der Waals surface area (Å²) in [7, 11) is 0. The molecule has 2 spiro atoms. The van der Waals surface area contributed by atoms with Crippen molar-refractivity contribution in [2.45, 2.75) is 52.1 Å². The Morgan fingerprint density at radius 2 is 2.07 bits per heavy atom. The Hall–Kier alpha value is -2.02. The first-order valence-corrected chi connectivity index (χ1v) is 10.3. The first-order valence-electron chi connectivity index (χ1n) is 10.3. The number of cyclic esters (lactones) is 1. The molecule has 4 fully saturated rings. The molecule has 7 nitrogen and oxygen atoms in total. The highest BCUT2D eigenvalue weighted by Crippen LogP contribution is 2.67. The summed E-state index contributed by atoms with van der Waals surface area (Å²) in [6.07, 6.45) is 2.59. The van der Waals surface area contributed by atoms with E-state index in [4.69, 9.17) is 9.47 Å². The van der Waals surface area contributed by atoms with Gasteiger partial charge in [-0.15, -0.1) is 0 Å². The quantitative estimate of drug-likeness (QED) is 0.330. The molecule has 7 atom stereocenters. The van der Waals surface area contributed by atoms with Crippen LogP contribution in [-0.2, 0) is 28.7 Å². The van der Waals surface area contributed by atoms with Crippen LogP contribution in [0.25, 0.3) is 0 Å². The van der Waals surface area contributed by atoms with Gasteiger partial charge in [0.25, 0.3) is 0 Å². The number of ether oxygens (including phenoxy) is 2. The van der Waals surface area contributed by atoms with E-state index in [0.29, 0.717) is 31.3 Å². The first kappa shape index (κ1) is 20.3. The van der Waals surface area contributed by atoms with Crippen LogP contribution in [0.5, 0.6) is 0 Å². The van der Waals surface area contributed by atoms with Crippen molar-refractivity contribution in [1.29, 1.82) is 0 Å². The van der Waals surface area contributed by atoms with Crippen molar-refractivity contribution < 1.29 is 33.8 Å². The molecule has 1 heterocycles. The van der Waals surface area contributed by atoms with Crippen LogP contribution in [-0.4, -0.2) is 48.4 Å². The van der Waals surface area contributed by atoms with Gasteiger partial charge in [-0.3, -0.25) is 14.4 Å². The fourth-order valence-corrected chi connectivity index (χ4v) is 6.83. The summed E-state index contributed by atoms with van der Waals surface area (Å²) in [5.74, 6) is -2.31. The number of carbonyl (C=O) groups excluding carboxylic acids is 4. The molecular formula is C22H28O7. The zero-order chi connectivity index (χ0) is 21.2. The molecule has 0 aromatic rings. The number of esters is 2. The number of rotatable bonds is 3. The van der Waals surface area contributed by atoms with Gasteiger partial charge < -0.3 is 19.4 Å². The van der Waals surface area contributed by atoms with E-state index in [2.05, 4.69) is 6.58 Å². The van der Waals surface area contributed by atoms with E-state index in [9.17, 15) is 24.3 Å². The second-order valence-electron chi connectivity index (χ2n) is 9.62. The second kappa shape index (κ2) is 6.49. The van der Waals surface area contributed by atoms with Crippen molar-refractivity contribution in [2.75, 3.05) is 13.2 Å². The molecule has 0 amide bonds. The molecule has 4 rings (SSSR count). The highest BCUT2D eigenvalue weighted by molar-refractivity contribution is 6.15. The van der Waals surface area contributed by atoms with Gasteiger partial charge in [0.2, 0.25) is 0 Å². The molecule has 0 aromatic carbocycles. The van der Waals surface area contributed by atoms with E-state index in [0.717, 1.165) is 12.7 Å². The Labute approximate surface area is 169 Å². The molecule has 1 aliphatic heterocycles. The number of hydrogen-bond acceptors (Lipinski definition) is 7. The topological polar surface area (TPSA) is 107 Å². The molecule has 2 unspecified atom stereocenters. The van der Waals surface area contributed by atoms with Gasteiger partial charge in [0.15, 0.2) is 5.78 Å². The van der Waals surface area contributed by atoms with E-state index < -0.39 is 40.2 Å². The molecule has 1 saturated heterocycles. The fourth-order valence-electron chi connectivity index (χ4n) is 6.83. The number of Topliss-reactive ketones (excluding diaryl/α,β-unsaturated/α-hetero) is 1. The predicted octanol–water partition coefficient (Wildman–Crippen LogP) is 1.61. The Bertz CT molecular complexity index is 803. The molecule has 3 saturated carbocycles. The summed E-state index contributed by atoms with van der Waals surface area (Å²) in [6, 6.07) is 0. The number of hydrogen-bond donors (Lipinski definition) is 1. The zero-order valence-electron chi connectivity index (χ0n) is 16.9. The van der Waals surface area contributed by atoms with Gasteiger partial charge >= 0.3 is 11.9 Å². The first-order chi connectivity index (χ1) is 13.6. The molecular weight excluding hydrogens is 376 g/mol. The number of aliphatic hydroxyl groups excluding tert-OH is 1. The molecule has 29 heavy (non-hydrogen) atoms. The Morgan fingerprint density at radius 3 is 2.72 bits per heavy atom. The Kier molecular flexibility index (Phi) is 4.53. The van der Waals surface area contributed by atoms with Crippen LogP contribution in [0.15, 0.2) is 12.2 Å².